The van der Waals surface area contributed by atoms with Gasteiger partial charge < -0.3 is 10.1 Å². The van der Waals surface area contributed by atoms with Gasteiger partial charge in [-0.3, -0.25) is 4.90 Å². The Kier molecular flexibility index (Phi) is 5.77. The molecule has 0 fully saturated rings. The van der Waals surface area contributed by atoms with Gasteiger partial charge in [-0.1, -0.05) is 60.1 Å². The average molecular weight is 367 g/mol. The molecule has 3 aromatic rings. The lowest BCUT2D eigenvalue weighted by Crippen LogP contribution is -2.34. The van der Waals surface area contributed by atoms with E-state index >= 15 is 0 Å². The summed E-state index contributed by atoms with van der Waals surface area (Å²) in [5.41, 5.74) is 2.36. The lowest BCUT2D eigenvalue weighted by molar-refractivity contribution is 0.256. The average Bonchev–Trinajstić information content (AvgIpc) is 2.68. The molecule has 0 radical (unpaired) electrons. The molecule has 132 valence electrons. The van der Waals surface area contributed by atoms with Crippen molar-refractivity contribution in [2.75, 3.05) is 17.3 Å². The van der Waals surface area contributed by atoms with Crippen LogP contribution in [0.5, 0.6) is 5.75 Å². The van der Waals surface area contributed by atoms with Gasteiger partial charge in [0.15, 0.2) is 0 Å². The summed E-state index contributed by atoms with van der Waals surface area (Å²) in [7, 11) is 1.55. The molecule has 1 N–H and O–H groups in total. The van der Waals surface area contributed by atoms with Gasteiger partial charge in [0, 0.05) is 10.7 Å². The van der Waals surface area contributed by atoms with E-state index in [0.717, 1.165) is 11.3 Å². The van der Waals surface area contributed by atoms with Crippen LogP contribution in [0.2, 0.25) is 5.02 Å². The summed E-state index contributed by atoms with van der Waals surface area (Å²) in [6, 6.07) is 24.2. The van der Waals surface area contributed by atoms with E-state index < -0.39 is 0 Å². The van der Waals surface area contributed by atoms with Crippen LogP contribution >= 0.6 is 11.6 Å². The Morgan fingerprint density at radius 3 is 2.31 bits per heavy atom. The lowest BCUT2D eigenvalue weighted by Gasteiger charge is -2.24. The summed E-state index contributed by atoms with van der Waals surface area (Å²) in [6.45, 7) is 0.444. The van der Waals surface area contributed by atoms with E-state index in [1.165, 1.54) is 0 Å². The Morgan fingerprint density at radius 1 is 1.00 bits per heavy atom. The molecule has 0 atom stereocenters. The number of methoxy groups -OCH3 is 1. The van der Waals surface area contributed by atoms with Crippen LogP contribution < -0.4 is 15.0 Å². The van der Waals surface area contributed by atoms with Crippen molar-refractivity contribution in [3.05, 3.63) is 89.4 Å². The fraction of sp³-hybridized carbons (Fsp3) is 0.0952. The second-order valence-electron chi connectivity index (χ2n) is 5.68. The first-order valence-corrected chi connectivity index (χ1v) is 8.56. The van der Waals surface area contributed by atoms with Crippen molar-refractivity contribution in [2.45, 2.75) is 6.54 Å². The molecule has 0 heterocycles. The zero-order valence-electron chi connectivity index (χ0n) is 14.4. The van der Waals surface area contributed by atoms with E-state index in [9.17, 15) is 4.79 Å². The van der Waals surface area contributed by atoms with Crippen LogP contribution in [0, 0.1) is 0 Å². The summed E-state index contributed by atoms with van der Waals surface area (Å²) in [5.74, 6) is 0.551. The molecule has 3 rings (SSSR count). The number of amides is 2. The van der Waals surface area contributed by atoms with Crippen LogP contribution in [0.4, 0.5) is 16.2 Å². The molecule has 0 aliphatic heterocycles. The molecule has 0 unspecified atom stereocenters. The summed E-state index contributed by atoms with van der Waals surface area (Å²) < 4.78 is 5.31. The number of para-hydroxylation sites is 1. The van der Waals surface area contributed by atoms with Gasteiger partial charge in [0.1, 0.15) is 5.75 Å². The maximum atomic E-state index is 13.0. The van der Waals surface area contributed by atoms with Crippen LogP contribution in [-0.4, -0.2) is 13.1 Å². The molecule has 4 nitrogen and oxygen atoms in total. The van der Waals surface area contributed by atoms with Gasteiger partial charge in [-0.15, -0.1) is 0 Å². The van der Waals surface area contributed by atoms with E-state index in [2.05, 4.69) is 5.32 Å². The monoisotopic (exact) mass is 366 g/mol. The zero-order valence-corrected chi connectivity index (χ0v) is 15.1. The molecular formula is C21H19ClN2O2. The number of nitrogens with one attached hydrogen (secondary N) is 1. The molecule has 0 aliphatic carbocycles. The molecule has 0 aliphatic rings. The third kappa shape index (κ3) is 4.35. The molecule has 26 heavy (non-hydrogen) atoms. The van der Waals surface area contributed by atoms with Crippen molar-refractivity contribution in [3.8, 4) is 5.75 Å². The minimum Gasteiger partial charge on any atom is -0.495 e. The molecule has 5 heteroatoms. The number of nitrogens with zero attached hydrogens (tertiary/aromatic N) is 1. The Morgan fingerprint density at radius 2 is 1.65 bits per heavy atom. The number of benzene rings is 3. The highest BCUT2D eigenvalue weighted by molar-refractivity contribution is 6.31. The number of rotatable bonds is 5. The molecule has 0 bridgehead atoms. The van der Waals surface area contributed by atoms with Gasteiger partial charge in [0.05, 0.1) is 19.3 Å². The number of halogens is 1. The lowest BCUT2D eigenvalue weighted by atomic mass is 10.2. The Bertz CT molecular complexity index is 870. The number of anilines is 2. The molecule has 0 spiro atoms. The SMILES string of the molecule is COc1ccc(Cl)cc1NC(=O)N(Cc1ccccc1)c1ccccc1. The maximum Gasteiger partial charge on any atom is 0.326 e. The molecule has 0 aromatic heterocycles. The van der Waals surface area contributed by atoms with Crippen molar-refractivity contribution in [3.63, 3.8) is 0 Å². The third-order valence-corrected chi connectivity index (χ3v) is 4.13. The number of ether oxygens (including phenoxy) is 1. The summed E-state index contributed by atoms with van der Waals surface area (Å²) in [6.07, 6.45) is 0. The highest BCUT2D eigenvalue weighted by Gasteiger charge is 2.18. The van der Waals surface area contributed by atoms with Crippen molar-refractivity contribution < 1.29 is 9.53 Å². The van der Waals surface area contributed by atoms with Crippen LogP contribution in [0.15, 0.2) is 78.9 Å². The van der Waals surface area contributed by atoms with Gasteiger partial charge in [-0.25, -0.2) is 4.79 Å². The van der Waals surface area contributed by atoms with Crippen LogP contribution in [0.3, 0.4) is 0 Å². The Hall–Kier alpha value is -2.98. The first kappa shape index (κ1) is 17.8. The normalized spacial score (nSPS) is 10.2. The van der Waals surface area contributed by atoms with E-state index in [4.69, 9.17) is 16.3 Å². The second kappa shape index (κ2) is 8.41. The molecular weight excluding hydrogens is 348 g/mol. The largest absolute Gasteiger partial charge is 0.495 e. The minimum absolute atomic E-state index is 0.263. The summed E-state index contributed by atoms with van der Waals surface area (Å²) >= 11 is 6.06. The van der Waals surface area contributed by atoms with Crippen molar-refractivity contribution >= 4 is 29.0 Å². The van der Waals surface area contributed by atoms with Crippen molar-refractivity contribution in [1.82, 2.24) is 0 Å². The predicted octanol–water partition coefficient (Wildman–Crippen LogP) is 5.59. The second-order valence-corrected chi connectivity index (χ2v) is 6.12. The highest BCUT2D eigenvalue weighted by Crippen LogP contribution is 2.28. The number of hydrogen-bond acceptors (Lipinski definition) is 2. The van der Waals surface area contributed by atoms with E-state index in [0.29, 0.717) is 23.0 Å². The summed E-state index contributed by atoms with van der Waals surface area (Å²) in [5, 5.41) is 3.42. The van der Waals surface area contributed by atoms with E-state index in [1.807, 2.05) is 60.7 Å². The maximum absolute atomic E-state index is 13.0. The first-order valence-electron chi connectivity index (χ1n) is 8.18. The molecule has 3 aromatic carbocycles. The third-order valence-electron chi connectivity index (χ3n) is 3.90. The predicted molar refractivity (Wildman–Crippen MR) is 106 cm³/mol. The smallest absolute Gasteiger partial charge is 0.326 e. The number of hydrogen-bond donors (Lipinski definition) is 1. The van der Waals surface area contributed by atoms with Crippen LogP contribution in [-0.2, 0) is 6.54 Å². The van der Waals surface area contributed by atoms with Crippen molar-refractivity contribution in [1.29, 1.82) is 0 Å². The molecule has 0 saturated heterocycles. The van der Waals surface area contributed by atoms with Gasteiger partial charge in [0.25, 0.3) is 0 Å². The quantitative estimate of drug-likeness (QED) is 0.639. The van der Waals surface area contributed by atoms with E-state index in [-0.39, 0.29) is 6.03 Å². The minimum atomic E-state index is -0.263. The Labute approximate surface area is 158 Å². The van der Waals surface area contributed by atoms with Gasteiger partial charge >= 0.3 is 6.03 Å². The number of carbonyl (C=O) groups is 1. The topological polar surface area (TPSA) is 41.6 Å². The standard InChI is InChI=1S/C21H19ClN2O2/c1-26-20-13-12-17(22)14-19(20)23-21(25)24(18-10-6-3-7-11-18)15-16-8-4-2-5-9-16/h2-14H,15H2,1H3,(H,23,25). The molecule has 0 saturated carbocycles. The van der Waals surface area contributed by atoms with Crippen LogP contribution in [0.25, 0.3) is 0 Å². The number of carbonyl (C=O) groups excluding carboxylic acids is 1. The summed E-state index contributed by atoms with van der Waals surface area (Å²) in [4.78, 5) is 14.7. The van der Waals surface area contributed by atoms with Gasteiger partial charge in [-0.2, -0.15) is 0 Å². The van der Waals surface area contributed by atoms with E-state index in [1.54, 1.807) is 30.2 Å². The highest BCUT2D eigenvalue weighted by atomic mass is 35.5. The molecule has 2 amide bonds. The van der Waals surface area contributed by atoms with Crippen LogP contribution in [0.1, 0.15) is 5.56 Å². The first-order chi connectivity index (χ1) is 12.7. The van der Waals surface area contributed by atoms with Crippen molar-refractivity contribution in [2.24, 2.45) is 0 Å². The fourth-order valence-corrected chi connectivity index (χ4v) is 2.79. The van der Waals surface area contributed by atoms with Gasteiger partial charge in [-0.05, 0) is 35.9 Å². The fourth-order valence-electron chi connectivity index (χ4n) is 2.61. The number of urea groups is 1. The Balaban J connectivity index is 1.89. The van der Waals surface area contributed by atoms with Gasteiger partial charge in [0.2, 0.25) is 0 Å². The zero-order chi connectivity index (χ0) is 18.4.